The number of piperazine rings is 1. The number of halogens is 1. The molecule has 31 heavy (non-hydrogen) atoms. The number of nitrogens with zero attached hydrogens (tertiary/aromatic N) is 6. The first kappa shape index (κ1) is 22.9. The SMILES string of the molecule is COCCCNC(=O)CN1CCN(C(=O)c2cc(Cl)c(-n3cnnn3)cc2OC)CC1. The van der Waals surface area contributed by atoms with E-state index in [0.29, 0.717) is 67.9 Å². The monoisotopic (exact) mass is 451 g/mol. The molecule has 3 rings (SSSR count). The zero-order chi connectivity index (χ0) is 22.2. The summed E-state index contributed by atoms with van der Waals surface area (Å²) >= 11 is 6.37. The molecule has 1 aliphatic heterocycles. The van der Waals surface area contributed by atoms with Gasteiger partial charge in [-0.05, 0) is 22.9 Å². The molecule has 0 spiro atoms. The highest BCUT2D eigenvalue weighted by Crippen LogP contribution is 2.30. The van der Waals surface area contributed by atoms with Crippen LogP contribution in [0.4, 0.5) is 0 Å². The van der Waals surface area contributed by atoms with E-state index in [0.717, 1.165) is 6.42 Å². The Hall–Kier alpha value is -2.76. The van der Waals surface area contributed by atoms with E-state index in [1.165, 1.54) is 18.1 Å². The number of tetrazole rings is 1. The third-order valence-electron chi connectivity index (χ3n) is 4.97. The lowest BCUT2D eigenvalue weighted by Crippen LogP contribution is -2.51. The number of rotatable bonds is 9. The Morgan fingerprint density at radius 2 is 1.97 bits per heavy atom. The lowest BCUT2D eigenvalue weighted by atomic mass is 10.1. The third kappa shape index (κ3) is 5.90. The second-order valence-corrected chi connectivity index (χ2v) is 7.43. The van der Waals surface area contributed by atoms with Crippen molar-refractivity contribution >= 4 is 23.4 Å². The molecule has 0 bridgehead atoms. The van der Waals surface area contributed by atoms with Gasteiger partial charge < -0.3 is 19.7 Å². The largest absolute Gasteiger partial charge is 0.496 e. The molecule has 1 fully saturated rings. The molecular formula is C19H26ClN7O4. The molecule has 1 aromatic carbocycles. The van der Waals surface area contributed by atoms with Crippen LogP contribution in [0.25, 0.3) is 5.69 Å². The first-order valence-corrected chi connectivity index (χ1v) is 10.3. The lowest BCUT2D eigenvalue weighted by molar-refractivity contribution is -0.122. The van der Waals surface area contributed by atoms with Crippen LogP contribution in [0.15, 0.2) is 18.5 Å². The molecule has 2 heterocycles. The van der Waals surface area contributed by atoms with Crippen molar-refractivity contribution in [1.82, 2.24) is 35.3 Å². The van der Waals surface area contributed by atoms with Crippen LogP contribution in [0.1, 0.15) is 16.8 Å². The zero-order valence-electron chi connectivity index (χ0n) is 17.6. The topological polar surface area (TPSA) is 115 Å². The van der Waals surface area contributed by atoms with Crippen molar-refractivity contribution in [3.8, 4) is 11.4 Å². The summed E-state index contributed by atoms with van der Waals surface area (Å²) < 4.78 is 11.8. The van der Waals surface area contributed by atoms with Crippen molar-refractivity contribution in [3.05, 3.63) is 29.0 Å². The van der Waals surface area contributed by atoms with Crippen molar-refractivity contribution in [2.45, 2.75) is 6.42 Å². The summed E-state index contributed by atoms with van der Waals surface area (Å²) in [5.74, 6) is 0.186. The molecule has 2 amide bonds. The van der Waals surface area contributed by atoms with Gasteiger partial charge in [0.2, 0.25) is 5.91 Å². The van der Waals surface area contributed by atoms with Crippen molar-refractivity contribution in [3.63, 3.8) is 0 Å². The van der Waals surface area contributed by atoms with Crippen LogP contribution >= 0.6 is 11.6 Å². The van der Waals surface area contributed by atoms with E-state index in [2.05, 4.69) is 20.8 Å². The van der Waals surface area contributed by atoms with Crippen LogP contribution in [0.2, 0.25) is 5.02 Å². The number of carbonyl (C=O) groups is 2. The van der Waals surface area contributed by atoms with Crippen LogP contribution < -0.4 is 10.1 Å². The summed E-state index contributed by atoms with van der Waals surface area (Å²) in [5.41, 5.74) is 0.884. The summed E-state index contributed by atoms with van der Waals surface area (Å²) in [7, 11) is 3.13. The Labute approximate surface area is 185 Å². The number of benzene rings is 1. The Balaban J connectivity index is 1.58. The highest BCUT2D eigenvalue weighted by atomic mass is 35.5. The van der Waals surface area contributed by atoms with Crippen LogP contribution in [0.3, 0.4) is 0 Å². The van der Waals surface area contributed by atoms with Gasteiger partial charge in [0.15, 0.2) is 0 Å². The molecule has 11 nitrogen and oxygen atoms in total. The van der Waals surface area contributed by atoms with Gasteiger partial charge in [0.05, 0.1) is 29.9 Å². The van der Waals surface area contributed by atoms with Crippen LogP contribution in [0.5, 0.6) is 5.75 Å². The first-order valence-electron chi connectivity index (χ1n) is 9.91. The van der Waals surface area contributed by atoms with Gasteiger partial charge >= 0.3 is 0 Å². The molecule has 0 unspecified atom stereocenters. The minimum atomic E-state index is -0.175. The van der Waals surface area contributed by atoms with E-state index >= 15 is 0 Å². The molecule has 1 aromatic heterocycles. The first-order chi connectivity index (χ1) is 15.0. The maximum absolute atomic E-state index is 13.1. The van der Waals surface area contributed by atoms with Crippen molar-refractivity contribution in [2.24, 2.45) is 0 Å². The fourth-order valence-corrected chi connectivity index (χ4v) is 3.56. The number of ether oxygens (including phenoxy) is 2. The number of carbonyl (C=O) groups excluding carboxylic acids is 2. The van der Waals surface area contributed by atoms with Crippen molar-refractivity contribution in [2.75, 3.05) is 60.1 Å². The molecule has 0 saturated carbocycles. The van der Waals surface area contributed by atoms with Gasteiger partial charge in [-0.25, -0.2) is 0 Å². The number of methoxy groups -OCH3 is 2. The van der Waals surface area contributed by atoms with Gasteiger partial charge in [-0.1, -0.05) is 11.6 Å². The molecule has 168 valence electrons. The highest BCUT2D eigenvalue weighted by molar-refractivity contribution is 6.33. The second kappa shape index (κ2) is 11.0. The minimum Gasteiger partial charge on any atom is -0.496 e. The maximum Gasteiger partial charge on any atom is 0.257 e. The Bertz CT molecular complexity index is 886. The molecule has 0 aliphatic carbocycles. The van der Waals surface area contributed by atoms with Gasteiger partial charge in [-0.3, -0.25) is 14.5 Å². The van der Waals surface area contributed by atoms with Crippen molar-refractivity contribution < 1.29 is 19.1 Å². The highest BCUT2D eigenvalue weighted by Gasteiger charge is 2.26. The minimum absolute atomic E-state index is 0.0254. The zero-order valence-corrected chi connectivity index (χ0v) is 18.3. The van der Waals surface area contributed by atoms with Crippen LogP contribution in [-0.4, -0.2) is 102 Å². The predicted molar refractivity (Wildman–Crippen MR) is 113 cm³/mol. The van der Waals surface area contributed by atoms with Crippen LogP contribution in [-0.2, 0) is 9.53 Å². The van der Waals surface area contributed by atoms with E-state index < -0.39 is 0 Å². The summed E-state index contributed by atoms with van der Waals surface area (Å²) in [4.78, 5) is 28.9. The Kier molecular flexibility index (Phi) is 8.15. The summed E-state index contributed by atoms with van der Waals surface area (Å²) in [6.07, 6.45) is 2.19. The number of hydrogen-bond acceptors (Lipinski definition) is 8. The predicted octanol–water partition coefficient (Wildman–Crippen LogP) is 0.235. The molecule has 12 heteroatoms. The Morgan fingerprint density at radius 3 is 2.61 bits per heavy atom. The molecule has 1 saturated heterocycles. The molecule has 2 aromatic rings. The van der Waals surface area contributed by atoms with Gasteiger partial charge in [0.25, 0.3) is 5.91 Å². The smallest absolute Gasteiger partial charge is 0.257 e. The normalized spacial score (nSPS) is 14.5. The van der Waals surface area contributed by atoms with Crippen LogP contribution in [0, 0.1) is 0 Å². The number of aromatic nitrogens is 4. The number of amides is 2. The molecular weight excluding hydrogens is 426 g/mol. The van der Waals surface area contributed by atoms with E-state index in [1.54, 1.807) is 24.1 Å². The average molecular weight is 452 g/mol. The third-order valence-corrected chi connectivity index (χ3v) is 5.27. The van der Waals surface area contributed by atoms with Crippen molar-refractivity contribution in [1.29, 1.82) is 0 Å². The summed E-state index contributed by atoms with van der Waals surface area (Å²) in [6.45, 7) is 3.74. The van der Waals surface area contributed by atoms with Gasteiger partial charge in [-0.15, -0.1) is 5.10 Å². The van der Waals surface area contributed by atoms with E-state index in [1.807, 2.05) is 4.90 Å². The average Bonchev–Trinajstić information content (AvgIpc) is 3.31. The number of nitrogens with one attached hydrogen (secondary N) is 1. The van der Waals surface area contributed by atoms with E-state index in [-0.39, 0.29) is 11.8 Å². The standard InChI is InChI=1S/C19H26ClN7O4/c1-30-9-3-4-21-18(28)12-25-5-7-26(8-6-25)19(29)14-10-15(20)16(11-17(14)31-2)27-13-22-23-24-27/h10-11,13H,3-9,12H2,1-2H3,(H,21,28). The number of hydrogen-bond donors (Lipinski definition) is 1. The maximum atomic E-state index is 13.1. The van der Waals surface area contributed by atoms with E-state index in [4.69, 9.17) is 21.1 Å². The second-order valence-electron chi connectivity index (χ2n) is 7.02. The molecule has 0 atom stereocenters. The quantitative estimate of drug-likeness (QED) is 0.539. The fraction of sp³-hybridized carbons (Fsp3) is 0.526. The summed E-state index contributed by atoms with van der Waals surface area (Å²) in [6, 6.07) is 3.20. The molecule has 1 aliphatic rings. The summed E-state index contributed by atoms with van der Waals surface area (Å²) in [5, 5.41) is 14.2. The molecule has 1 N–H and O–H groups in total. The van der Waals surface area contributed by atoms with Gasteiger partial charge in [-0.2, -0.15) is 4.68 Å². The lowest BCUT2D eigenvalue weighted by Gasteiger charge is -2.34. The fourth-order valence-electron chi connectivity index (χ4n) is 3.31. The van der Waals surface area contributed by atoms with E-state index in [9.17, 15) is 9.59 Å². The van der Waals surface area contributed by atoms with Gasteiger partial charge in [0.1, 0.15) is 12.1 Å². The molecule has 0 radical (unpaired) electrons. The Morgan fingerprint density at radius 1 is 1.19 bits per heavy atom. The van der Waals surface area contributed by atoms with Gasteiger partial charge in [0, 0.05) is 52.5 Å².